The van der Waals surface area contributed by atoms with Gasteiger partial charge in [0.05, 0.1) is 18.7 Å². The van der Waals surface area contributed by atoms with Crippen LogP contribution in [0.15, 0.2) is 29.1 Å². The maximum absolute atomic E-state index is 11.2. The number of aromatic amines is 1. The van der Waals surface area contributed by atoms with E-state index in [9.17, 15) is 4.79 Å². The van der Waals surface area contributed by atoms with Crippen LogP contribution in [0.25, 0.3) is 10.9 Å². The number of hydrogen-bond donors (Lipinski definition) is 1. The topological polar surface area (TPSA) is 51.3 Å². The maximum Gasteiger partial charge on any atom is 0.248 e. The summed E-state index contributed by atoms with van der Waals surface area (Å²) in [4.78, 5) is 14.0. The Morgan fingerprint density at radius 3 is 2.62 bits per heavy atom. The SMILES string of the molecule is O=c1ccc2cc3c(cc2[nH]1)OCCCO3. The molecule has 82 valence electrons. The molecule has 3 rings (SSSR count). The van der Waals surface area contributed by atoms with Gasteiger partial charge in [-0.2, -0.15) is 0 Å². The summed E-state index contributed by atoms with van der Waals surface area (Å²) in [6, 6.07) is 7.00. The van der Waals surface area contributed by atoms with Crippen LogP contribution in [0.1, 0.15) is 6.42 Å². The smallest absolute Gasteiger partial charge is 0.248 e. The van der Waals surface area contributed by atoms with Crippen molar-refractivity contribution in [1.82, 2.24) is 4.98 Å². The average molecular weight is 217 g/mol. The Hall–Kier alpha value is -1.97. The lowest BCUT2D eigenvalue weighted by molar-refractivity contribution is 0.297. The van der Waals surface area contributed by atoms with E-state index in [1.165, 1.54) is 6.07 Å². The molecule has 0 aliphatic carbocycles. The molecule has 1 aliphatic rings. The molecular weight excluding hydrogens is 206 g/mol. The van der Waals surface area contributed by atoms with Crippen LogP contribution in [-0.2, 0) is 0 Å². The molecule has 0 saturated heterocycles. The molecule has 0 bridgehead atoms. The number of pyridine rings is 1. The molecule has 2 aromatic rings. The third-order valence-corrected chi connectivity index (χ3v) is 2.59. The highest BCUT2D eigenvalue weighted by atomic mass is 16.5. The van der Waals surface area contributed by atoms with Gasteiger partial charge < -0.3 is 14.5 Å². The zero-order valence-electron chi connectivity index (χ0n) is 8.66. The number of nitrogens with one attached hydrogen (secondary N) is 1. The van der Waals surface area contributed by atoms with Gasteiger partial charge in [0.15, 0.2) is 11.5 Å². The van der Waals surface area contributed by atoms with Gasteiger partial charge in [-0.25, -0.2) is 0 Å². The van der Waals surface area contributed by atoms with Crippen molar-refractivity contribution in [2.24, 2.45) is 0 Å². The second-order valence-corrected chi connectivity index (χ2v) is 3.76. The van der Waals surface area contributed by atoms with Gasteiger partial charge in [-0.3, -0.25) is 4.79 Å². The van der Waals surface area contributed by atoms with Crippen molar-refractivity contribution < 1.29 is 9.47 Å². The zero-order chi connectivity index (χ0) is 11.0. The summed E-state index contributed by atoms with van der Waals surface area (Å²) >= 11 is 0. The fraction of sp³-hybridized carbons (Fsp3) is 0.250. The number of ether oxygens (including phenoxy) is 2. The molecule has 0 saturated carbocycles. The normalized spacial score (nSPS) is 14.8. The van der Waals surface area contributed by atoms with Crippen molar-refractivity contribution in [2.75, 3.05) is 13.2 Å². The van der Waals surface area contributed by atoms with Crippen LogP contribution in [0, 0.1) is 0 Å². The van der Waals surface area contributed by atoms with Crippen LogP contribution in [0.2, 0.25) is 0 Å². The summed E-state index contributed by atoms with van der Waals surface area (Å²) < 4.78 is 11.1. The van der Waals surface area contributed by atoms with Gasteiger partial charge >= 0.3 is 0 Å². The quantitative estimate of drug-likeness (QED) is 0.730. The van der Waals surface area contributed by atoms with Crippen LogP contribution >= 0.6 is 0 Å². The Morgan fingerprint density at radius 1 is 1.06 bits per heavy atom. The summed E-state index contributed by atoms with van der Waals surface area (Å²) in [5, 5.41) is 0.948. The Kier molecular flexibility index (Phi) is 2.06. The summed E-state index contributed by atoms with van der Waals surface area (Å²) in [6.45, 7) is 1.32. The molecule has 4 nitrogen and oxygen atoms in total. The third-order valence-electron chi connectivity index (χ3n) is 2.59. The molecule has 0 fully saturated rings. The van der Waals surface area contributed by atoms with Crippen LogP contribution in [0.3, 0.4) is 0 Å². The lowest BCUT2D eigenvalue weighted by atomic mass is 10.2. The summed E-state index contributed by atoms with van der Waals surface area (Å²) in [7, 11) is 0. The van der Waals surface area contributed by atoms with Gasteiger partial charge in [0.1, 0.15) is 0 Å². The molecule has 2 heterocycles. The fourth-order valence-corrected chi connectivity index (χ4v) is 1.81. The molecule has 0 amide bonds. The van der Waals surface area contributed by atoms with Crippen molar-refractivity contribution in [1.29, 1.82) is 0 Å². The van der Waals surface area contributed by atoms with Crippen molar-refractivity contribution in [3.63, 3.8) is 0 Å². The molecule has 0 spiro atoms. The van der Waals surface area contributed by atoms with Crippen LogP contribution in [-0.4, -0.2) is 18.2 Å². The second kappa shape index (κ2) is 3.56. The molecule has 1 aromatic carbocycles. The molecule has 1 N–H and O–H groups in total. The van der Waals surface area contributed by atoms with E-state index in [4.69, 9.17) is 9.47 Å². The Bertz CT molecular complexity index is 588. The number of H-pyrrole nitrogens is 1. The predicted molar refractivity (Wildman–Crippen MR) is 60.2 cm³/mol. The Balaban J connectivity index is 2.24. The first-order chi connectivity index (χ1) is 7.83. The standard InChI is InChI=1S/C12H11NO3/c14-12-3-2-8-6-10-11(7-9(8)13-12)16-5-1-4-15-10/h2-3,6-7H,1,4-5H2,(H,13,14). The molecule has 1 aliphatic heterocycles. The largest absolute Gasteiger partial charge is 0.490 e. The summed E-state index contributed by atoms with van der Waals surface area (Å²) in [5.41, 5.74) is 0.666. The van der Waals surface area contributed by atoms with E-state index >= 15 is 0 Å². The second-order valence-electron chi connectivity index (χ2n) is 3.76. The van der Waals surface area contributed by atoms with Crippen molar-refractivity contribution in [3.05, 3.63) is 34.6 Å². The van der Waals surface area contributed by atoms with E-state index < -0.39 is 0 Å². The van der Waals surface area contributed by atoms with E-state index in [2.05, 4.69) is 4.98 Å². The molecular formula is C12H11NO3. The minimum absolute atomic E-state index is 0.109. The lowest BCUT2D eigenvalue weighted by Crippen LogP contribution is -2.02. The molecule has 0 unspecified atom stereocenters. The van der Waals surface area contributed by atoms with E-state index in [0.29, 0.717) is 19.0 Å². The van der Waals surface area contributed by atoms with Crippen LogP contribution < -0.4 is 15.0 Å². The third kappa shape index (κ3) is 1.52. The first-order valence-corrected chi connectivity index (χ1v) is 5.26. The molecule has 4 heteroatoms. The number of hydrogen-bond acceptors (Lipinski definition) is 3. The first kappa shape index (κ1) is 9.27. The van der Waals surface area contributed by atoms with Crippen molar-refractivity contribution >= 4 is 10.9 Å². The Morgan fingerprint density at radius 2 is 1.81 bits per heavy atom. The van der Waals surface area contributed by atoms with Gasteiger partial charge in [0.25, 0.3) is 0 Å². The highest BCUT2D eigenvalue weighted by molar-refractivity contribution is 5.82. The molecule has 16 heavy (non-hydrogen) atoms. The molecule has 1 aromatic heterocycles. The molecule has 0 atom stereocenters. The predicted octanol–water partition coefficient (Wildman–Crippen LogP) is 1.69. The average Bonchev–Trinajstić information content (AvgIpc) is 2.50. The highest BCUT2D eigenvalue weighted by Gasteiger charge is 2.11. The first-order valence-electron chi connectivity index (χ1n) is 5.26. The van der Waals surface area contributed by atoms with Crippen molar-refractivity contribution in [2.45, 2.75) is 6.42 Å². The number of benzene rings is 1. The van der Waals surface area contributed by atoms with E-state index in [1.54, 1.807) is 6.07 Å². The van der Waals surface area contributed by atoms with Gasteiger partial charge in [0.2, 0.25) is 5.56 Å². The fourth-order valence-electron chi connectivity index (χ4n) is 1.81. The van der Waals surface area contributed by atoms with Crippen LogP contribution in [0.5, 0.6) is 11.5 Å². The highest BCUT2D eigenvalue weighted by Crippen LogP contribution is 2.32. The number of aromatic nitrogens is 1. The number of rotatable bonds is 0. The van der Waals surface area contributed by atoms with Gasteiger partial charge in [-0.1, -0.05) is 0 Å². The lowest BCUT2D eigenvalue weighted by Gasteiger charge is -2.08. The van der Waals surface area contributed by atoms with Gasteiger partial charge in [-0.05, 0) is 12.1 Å². The van der Waals surface area contributed by atoms with E-state index in [-0.39, 0.29) is 5.56 Å². The zero-order valence-corrected chi connectivity index (χ0v) is 8.66. The summed E-state index contributed by atoms with van der Waals surface area (Å²) in [5.74, 6) is 1.45. The maximum atomic E-state index is 11.2. The number of fused-ring (bicyclic) bond motifs is 2. The summed E-state index contributed by atoms with van der Waals surface area (Å²) in [6.07, 6.45) is 0.877. The minimum atomic E-state index is -0.109. The van der Waals surface area contributed by atoms with Crippen LogP contribution in [0.4, 0.5) is 0 Å². The van der Waals surface area contributed by atoms with E-state index in [1.807, 2.05) is 12.1 Å². The van der Waals surface area contributed by atoms with Crippen molar-refractivity contribution in [3.8, 4) is 11.5 Å². The molecule has 0 radical (unpaired) electrons. The van der Waals surface area contributed by atoms with Gasteiger partial charge in [-0.15, -0.1) is 0 Å². The van der Waals surface area contributed by atoms with E-state index in [0.717, 1.165) is 23.1 Å². The van der Waals surface area contributed by atoms with Gasteiger partial charge in [0, 0.05) is 23.9 Å². The Labute approximate surface area is 91.8 Å². The minimum Gasteiger partial charge on any atom is -0.490 e. The monoisotopic (exact) mass is 217 g/mol.